The number of rotatable bonds is 8. The summed E-state index contributed by atoms with van der Waals surface area (Å²) in [6.45, 7) is 2.90. The van der Waals surface area contributed by atoms with Gasteiger partial charge in [-0.15, -0.1) is 0 Å². The second-order valence-electron chi connectivity index (χ2n) is 8.03. The van der Waals surface area contributed by atoms with E-state index in [4.69, 9.17) is 9.47 Å². The third kappa shape index (κ3) is 5.08. The number of hydrogen-bond acceptors (Lipinski definition) is 7. The van der Waals surface area contributed by atoms with Crippen molar-refractivity contribution in [2.75, 3.05) is 29.4 Å². The molecule has 0 saturated heterocycles. The van der Waals surface area contributed by atoms with Crippen LogP contribution in [0.25, 0.3) is 0 Å². The molecule has 3 aromatic carbocycles. The number of nitrogens with one attached hydrogen (secondary N) is 1. The number of benzene rings is 3. The predicted molar refractivity (Wildman–Crippen MR) is 133 cm³/mol. The summed E-state index contributed by atoms with van der Waals surface area (Å²) in [6.07, 6.45) is 0. The van der Waals surface area contributed by atoms with E-state index in [1.165, 1.54) is 34.6 Å². The quantitative estimate of drug-likeness (QED) is 0.365. The first kappa shape index (κ1) is 24.9. The lowest BCUT2D eigenvalue weighted by atomic mass is 10.1. The van der Waals surface area contributed by atoms with Crippen molar-refractivity contribution in [3.05, 3.63) is 83.4 Å². The Morgan fingerprint density at radius 3 is 2.47 bits per heavy atom. The topological polar surface area (TPSA) is 119 Å². The van der Waals surface area contributed by atoms with Crippen LogP contribution in [0.4, 0.5) is 11.4 Å². The molecule has 0 radical (unpaired) electrons. The van der Waals surface area contributed by atoms with E-state index in [1.807, 2.05) is 0 Å². The normalized spacial score (nSPS) is 12.7. The van der Waals surface area contributed by atoms with Crippen molar-refractivity contribution in [1.82, 2.24) is 0 Å². The van der Waals surface area contributed by atoms with Gasteiger partial charge in [0.2, 0.25) is 0 Å². The monoisotopic (exact) mass is 508 g/mol. The minimum Gasteiger partial charge on any atom is -0.482 e. The number of esters is 1. The molecule has 36 heavy (non-hydrogen) atoms. The van der Waals surface area contributed by atoms with Crippen LogP contribution in [-0.4, -0.2) is 45.8 Å². The number of carbonyl (C=O) groups is 3. The average Bonchev–Trinajstić information content (AvgIpc) is 2.87. The number of anilines is 2. The zero-order valence-electron chi connectivity index (χ0n) is 19.7. The van der Waals surface area contributed by atoms with Crippen molar-refractivity contribution >= 4 is 39.1 Å². The summed E-state index contributed by atoms with van der Waals surface area (Å²) in [4.78, 5) is 36.8. The molecule has 0 saturated carbocycles. The number of hydrogen-bond donors (Lipinski definition) is 1. The molecule has 1 amide bonds. The van der Waals surface area contributed by atoms with Crippen molar-refractivity contribution < 1.29 is 32.3 Å². The Labute approximate surface area is 208 Å². The van der Waals surface area contributed by atoms with Gasteiger partial charge in [0.15, 0.2) is 19.0 Å². The Balaban J connectivity index is 1.51. The molecule has 1 N–H and O–H groups in total. The number of ether oxygens (including phenoxy) is 2. The van der Waals surface area contributed by atoms with Crippen LogP contribution < -0.4 is 14.4 Å². The van der Waals surface area contributed by atoms with Crippen LogP contribution in [0, 0.1) is 6.92 Å². The summed E-state index contributed by atoms with van der Waals surface area (Å²) in [5.74, 6) is -1.23. The maximum atomic E-state index is 13.4. The van der Waals surface area contributed by atoms with Gasteiger partial charge < -0.3 is 14.8 Å². The van der Waals surface area contributed by atoms with Crippen molar-refractivity contribution in [3.63, 3.8) is 0 Å². The van der Waals surface area contributed by atoms with Crippen molar-refractivity contribution in [2.45, 2.75) is 18.7 Å². The molecule has 0 bridgehead atoms. The van der Waals surface area contributed by atoms with Gasteiger partial charge in [0, 0.05) is 12.1 Å². The number of aryl methyl sites for hydroxylation is 1. The highest BCUT2D eigenvalue weighted by Gasteiger charge is 2.27. The molecule has 0 spiro atoms. The highest BCUT2D eigenvalue weighted by Crippen LogP contribution is 2.29. The fourth-order valence-corrected chi connectivity index (χ4v) is 5.49. The Morgan fingerprint density at radius 2 is 1.75 bits per heavy atom. The van der Waals surface area contributed by atoms with Crippen LogP contribution >= 0.6 is 0 Å². The number of ketones is 1. The summed E-state index contributed by atoms with van der Waals surface area (Å²) in [5.41, 5.74) is 1.55. The Bertz CT molecular complexity index is 1440. The zero-order chi connectivity index (χ0) is 25.9. The predicted octanol–water partition coefficient (Wildman–Crippen LogP) is 3.58. The number of para-hydroxylation sites is 1. The number of amides is 1. The van der Waals surface area contributed by atoms with E-state index in [0.717, 1.165) is 0 Å². The standard InChI is InChI=1S/C26H24N2O7S/c1-3-28(20-7-5-4-6-8-20)36(32,33)24-14-19(10-9-17(24)2)26(31)35-15-22(29)18-11-12-23-21(13-18)27-25(30)16-34-23/h4-14H,3,15-16H2,1-2H3,(H,27,30). The van der Waals surface area contributed by atoms with E-state index in [2.05, 4.69) is 5.32 Å². The Morgan fingerprint density at radius 1 is 1.03 bits per heavy atom. The highest BCUT2D eigenvalue weighted by atomic mass is 32.2. The minimum atomic E-state index is -3.97. The molecule has 1 aliphatic rings. The summed E-state index contributed by atoms with van der Waals surface area (Å²) in [7, 11) is -3.97. The third-order valence-corrected chi connectivity index (χ3v) is 7.64. The lowest BCUT2D eigenvalue weighted by Gasteiger charge is -2.24. The van der Waals surface area contributed by atoms with Crippen LogP contribution in [-0.2, 0) is 19.6 Å². The molecule has 186 valence electrons. The molecule has 9 nitrogen and oxygen atoms in total. The Kier molecular flexibility index (Phi) is 7.07. The molecule has 0 aromatic heterocycles. The first-order chi connectivity index (χ1) is 17.2. The van der Waals surface area contributed by atoms with E-state index < -0.39 is 28.4 Å². The number of sulfonamides is 1. The van der Waals surface area contributed by atoms with Crippen molar-refractivity contribution in [3.8, 4) is 5.75 Å². The first-order valence-electron chi connectivity index (χ1n) is 11.2. The lowest BCUT2D eigenvalue weighted by Crippen LogP contribution is -2.31. The first-order valence-corrected chi connectivity index (χ1v) is 12.6. The summed E-state index contributed by atoms with van der Waals surface area (Å²) >= 11 is 0. The minimum absolute atomic E-state index is 0.00203. The van der Waals surface area contributed by atoms with Gasteiger partial charge >= 0.3 is 5.97 Å². The average molecular weight is 509 g/mol. The van der Waals surface area contributed by atoms with Crippen molar-refractivity contribution in [1.29, 1.82) is 0 Å². The maximum Gasteiger partial charge on any atom is 0.338 e. The lowest BCUT2D eigenvalue weighted by molar-refractivity contribution is -0.118. The van der Waals surface area contributed by atoms with Crippen LogP contribution in [0.3, 0.4) is 0 Å². The molecule has 1 heterocycles. The van der Waals surface area contributed by atoms with E-state index in [-0.39, 0.29) is 35.1 Å². The van der Waals surface area contributed by atoms with Crippen LogP contribution in [0.5, 0.6) is 5.75 Å². The molecule has 1 aliphatic heterocycles. The second-order valence-corrected chi connectivity index (χ2v) is 9.86. The molecule has 3 aromatic rings. The van der Waals surface area contributed by atoms with Gasteiger partial charge in [0.25, 0.3) is 15.9 Å². The van der Waals surface area contributed by atoms with Crippen molar-refractivity contribution in [2.24, 2.45) is 0 Å². The van der Waals surface area contributed by atoms with Gasteiger partial charge in [-0.05, 0) is 61.9 Å². The second kappa shape index (κ2) is 10.2. The third-order valence-electron chi connectivity index (χ3n) is 5.59. The molecule has 10 heteroatoms. The molecule has 4 rings (SSSR count). The number of nitrogens with zero attached hydrogens (tertiary/aromatic N) is 1. The van der Waals surface area contributed by atoms with Gasteiger partial charge in [-0.1, -0.05) is 24.3 Å². The van der Waals surface area contributed by atoms with Crippen LogP contribution in [0.2, 0.25) is 0 Å². The van der Waals surface area contributed by atoms with E-state index in [0.29, 0.717) is 22.7 Å². The molecule has 0 atom stereocenters. The molecular weight excluding hydrogens is 484 g/mol. The number of fused-ring (bicyclic) bond motifs is 1. The fraction of sp³-hybridized carbons (Fsp3) is 0.192. The number of carbonyl (C=O) groups excluding carboxylic acids is 3. The van der Waals surface area contributed by atoms with E-state index in [9.17, 15) is 22.8 Å². The molecule has 0 aliphatic carbocycles. The summed E-state index contributed by atoms with van der Waals surface area (Å²) in [5, 5.41) is 2.61. The van der Waals surface area contributed by atoms with Gasteiger partial charge in [-0.3, -0.25) is 13.9 Å². The van der Waals surface area contributed by atoms with E-state index in [1.54, 1.807) is 50.2 Å². The van der Waals surface area contributed by atoms with Gasteiger partial charge in [-0.25, -0.2) is 13.2 Å². The molecular formula is C26H24N2O7S. The SMILES string of the molecule is CCN(c1ccccc1)S(=O)(=O)c1cc(C(=O)OCC(=O)c2ccc3c(c2)NC(=O)CO3)ccc1C. The van der Waals surface area contributed by atoms with Gasteiger partial charge in [0.05, 0.1) is 21.8 Å². The Hall–Kier alpha value is -4.18. The maximum absolute atomic E-state index is 13.4. The molecule has 0 unspecified atom stereocenters. The summed E-state index contributed by atoms with van der Waals surface area (Å²) < 4.78 is 38.6. The van der Waals surface area contributed by atoms with E-state index >= 15 is 0 Å². The largest absolute Gasteiger partial charge is 0.482 e. The van der Waals surface area contributed by atoms with Crippen LogP contribution in [0.1, 0.15) is 33.2 Å². The van der Waals surface area contributed by atoms with Gasteiger partial charge in [-0.2, -0.15) is 0 Å². The fourth-order valence-electron chi connectivity index (χ4n) is 3.76. The van der Waals surface area contributed by atoms with Crippen LogP contribution in [0.15, 0.2) is 71.6 Å². The molecule has 0 fully saturated rings. The van der Waals surface area contributed by atoms with Gasteiger partial charge in [0.1, 0.15) is 5.75 Å². The number of Topliss-reactive ketones (excluding diaryl/α,β-unsaturated/α-hetero) is 1. The highest BCUT2D eigenvalue weighted by molar-refractivity contribution is 7.92. The zero-order valence-corrected chi connectivity index (χ0v) is 20.5. The smallest absolute Gasteiger partial charge is 0.338 e. The summed E-state index contributed by atoms with van der Waals surface area (Å²) in [6, 6.07) is 17.4.